The summed E-state index contributed by atoms with van der Waals surface area (Å²) in [7, 11) is 0. The van der Waals surface area contributed by atoms with Crippen molar-refractivity contribution < 1.29 is 24.3 Å². The van der Waals surface area contributed by atoms with Crippen molar-refractivity contribution in [1.29, 1.82) is 0 Å². The first-order valence-electron chi connectivity index (χ1n) is 8.72. The van der Waals surface area contributed by atoms with Gasteiger partial charge in [0.05, 0.1) is 6.42 Å². The summed E-state index contributed by atoms with van der Waals surface area (Å²) in [5, 5.41) is 12.9. The Hall–Kier alpha value is -2.67. The minimum atomic E-state index is -1.74. The first-order chi connectivity index (χ1) is 12.6. The smallest absolute Gasteiger partial charge is 0.410 e. The van der Waals surface area contributed by atoms with Crippen LogP contribution in [-0.4, -0.2) is 53.2 Å². The van der Waals surface area contributed by atoms with Gasteiger partial charge in [0, 0.05) is 18.7 Å². The van der Waals surface area contributed by atoms with Gasteiger partial charge in [-0.25, -0.2) is 9.59 Å². The van der Waals surface area contributed by atoms with Crippen LogP contribution < -0.4 is 0 Å². The van der Waals surface area contributed by atoms with E-state index in [9.17, 15) is 14.8 Å². The van der Waals surface area contributed by atoms with Crippen molar-refractivity contribution in [2.45, 2.75) is 32.0 Å². The Kier molecular flexibility index (Phi) is 5.37. The third-order valence-corrected chi connectivity index (χ3v) is 4.49. The lowest BCUT2D eigenvalue weighted by atomic mass is 9.93. The molecule has 0 radical (unpaired) electrons. The zero-order valence-corrected chi connectivity index (χ0v) is 14.7. The molecule has 0 aliphatic carbocycles. The van der Waals surface area contributed by atoms with Gasteiger partial charge < -0.3 is 14.7 Å². The van der Waals surface area contributed by atoms with Crippen molar-refractivity contribution in [3.8, 4) is 0 Å². The monoisotopic (exact) mass is 358 g/mol. The first-order valence-corrected chi connectivity index (χ1v) is 8.72. The molecule has 2 aliphatic rings. The number of oxime groups is 1. The Morgan fingerprint density at radius 1 is 1.23 bits per heavy atom. The van der Waals surface area contributed by atoms with E-state index in [2.05, 4.69) is 23.1 Å². The molecular weight excluding hydrogens is 336 g/mol. The number of cyclic esters (lactones) is 2. The average molecular weight is 358 g/mol. The zero-order valence-electron chi connectivity index (χ0n) is 14.7. The number of hydrogen-bond acceptors (Lipinski definition) is 7. The van der Waals surface area contributed by atoms with Gasteiger partial charge in [-0.3, -0.25) is 4.90 Å². The molecule has 0 amide bonds. The van der Waals surface area contributed by atoms with E-state index in [1.807, 2.05) is 6.07 Å². The van der Waals surface area contributed by atoms with Gasteiger partial charge in [0.25, 0.3) is 0 Å². The fourth-order valence-electron chi connectivity index (χ4n) is 3.42. The number of carbonyl (C=O) groups excluding carboxylic acids is 2. The average Bonchev–Trinajstić information content (AvgIpc) is 2.91. The molecule has 0 aromatic heterocycles. The minimum absolute atomic E-state index is 0.00538. The highest BCUT2D eigenvalue weighted by Gasteiger charge is 2.54. The van der Waals surface area contributed by atoms with Crippen LogP contribution in [0.4, 0.5) is 0 Å². The van der Waals surface area contributed by atoms with Gasteiger partial charge in [0.2, 0.25) is 0 Å². The molecule has 7 heteroatoms. The fraction of sp³-hybridized carbons (Fsp3) is 0.421. The molecular formula is C19H22N2O5. The second-order valence-electron chi connectivity index (χ2n) is 6.45. The van der Waals surface area contributed by atoms with Gasteiger partial charge in [-0.2, -0.15) is 0 Å². The summed E-state index contributed by atoms with van der Waals surface area (Å²) >= 11 is 0. The van der Waals surface area contributed by atoms with Gasteiger partial charge in [0.1, 0.15) is 0 Å². The second kappa shape index (κ2) is 7.70. The highest BCUT2D eigenvalue weighted by molar-refractivity contribution is 6.33. The molecule has 2 heterocycles. The molecule has 0 bridgehead atoms. The number of nitrogens with zero attached hydrogens (tertiary/aromatic N) is 2. The molecule has 1 N–H and O–H groups in total. The number of carbonyl (C=O) groups is 2. The molecule has 0 spiro atoms. The number of benzene rings is 1. The van der Waals surface area contributed by atoms with Gasteiger partial charge in [-0.05, 0) is 19.4 Å². The molecule has 1 aromatic rings. The molecule has 1 aromatic carbocycles. The van der Waals surface area contributed by atoms with Crippen molar-refractivity contribution in [2.24, 2.45) is 5.16 Å². The molecule has 1 fully saturated rings. The summed E-state index contributed by atoms with van der Waals surface area (Å²) in [5.74, 6) is -3.90. The normalized spacial score (nSPS) is 20.5. The van der Waals surface area contributed by atoms with Crippen molar-refractivity contribution >= 4 is 17.7 Å². The van der Waals surface area contributed by atoms with Crippen molar-refractivity contribution in [3.05, 3.63) is 47.5 Å². The third kappa shape index (κ3) is 3.62. The van der Waals surface area contributed by atoms with Crippen LogP contribution in [0.5, 0.6) is 0 Å². The Morgan fingerprint density at radius 2 is 1.92 bits per heavy atom. The Bertz CT molecular complexity index is 726. The Labute approximate surface area is 151 Å². The maximum absolute atomic E-state index is 11.8. The molecule has 138 valence electrons. The quantitative estimate of drug-likeness (QED) is 0.209. The van der Waals surface area contributed by atoms with Crippen LogP contribution in [0.3, 0.4) is 0 Å². The van der Waals surface area contributed by atoms with Crippen LogP contribution in [0.15, 0.2) is 47.1 Å². The van der Waals surface area contributed by atoms with Gasteiger partial charge in [-0.15, -0.1) is 0 Å². The number of hydrogen-bond donors (Lipinski definition) is 1. The highest BCUT2D eigenvalue weighted by Crippen LogP contribution is 2.34. The van der Waals surface area contributed by atoms with E-state index in [-0.39, 0.29) is 12.1 Å². The summed E-state index contributed by atoms with van der Waals surface area (Å²) in [5.41, 5.74) is 1.49. The van der Waals surface area contributed by atoms with Crippen molar-refractivity contribution in [3.63, 3.8) is 0 Å². The van der Waals surface area contributed by atoms with Crippen LogP contribution in [0.2, 0.25) is 0 Å². The van der Waals surface area contributed by atoms with Crippen LogP contribution in [0.25, 0.3) is 0 Å². The van der Waals surface area contributed by atoms with Crippen LogP contribution in [-0.2, 0) is 19.1 Å². The number of ether oxygens (including phenoxy) is 2. The van der Waals surface area contributed by atoms with Crippen LogP contribution in [0, 0.1) is 0 Å². The summed E-state index contributed by atoms with van der Waals surface area (Å²) in [6, 6.07) is 8.74. The summed E-state index contributed by atoms with van der Waals surface area (Å²) in [4.78, 5) is 25.9. The molecule has 1 saturated heterocycles. The number of esters is 2. The lowest BCUT2D eigenvalue weighted by Gasteiger charge is -2.32. The third-order valence-electron chi connectivity index (χ3n) is 4.49. The predicted molar refractivity (Wildman–Crippen MR) is 93.7 cm³/mol. The maximum Gasteiger partial charge on any atom is 0.421 e. The minimum Gasteiger partial charge on any atom is -0.410 e. The number of rotatable bonds is 6. The SMILES string of the molecule is CCCN1CCC=C(CC2(/C(=N/O)c3ccccc3)OC(=O)C(=O)O2)C1. The van der Waals surface area contributed by atoms with Gasteiger partial charge >= 0.3 is 17.7 Å². The largest absolute Gasteiger partial charge is 0.421 e. The van der Waals surface area contributed by atoms with Gasteiger partial charge in [0.15, 0.2) is 5.71 Å². The van der Waals surface area contributed by atoms with E-state index in [4.69, 9.17) is 9.47 Å². The first kappa shape index (κ1) is 18.1. The Morgan fingerprint density at radius 3 is 2.54 bits per heavy atom. The van der Waals surface area contributed by atoms with Crippen molar-refractivity contribution in [1.82, 2.24) is 4.90 Å². The standard InChI is InChI=1S/C19H22N2O5/c1-2-10-21-11-6-7-14(13-21)12-19(25-17(22)18(23)26-19)16(20-24)15-8-4-3-5-9-15/h3-5,7-9,24H,2,6,10-13H2,1H3/b20-16+. The van der Waals surface area contributed by atoms with E-state index < -0.39 is 17.7 Å². The van der Waals surface area contributed by atoms with E-state index in [0.29, 0.717) is 12.1 Å². The summed E-state index contributed by atoms with van der Waals surface area (Å²) < 4.78 is 10.6. The second-order valence-corrected chi connectivity index (χ2v) is 6.45. The van der Waals surface area contributed by atoms with Crippen LogP contribution in [0.1, 0.15) is 31.7 Å². The van der Waals surface area contributed by atoms with Gasteiger partial charge in [-0.1, -0.05) is 54.1 Å². The van der Waals surface area contributed by atoms with E-state index in [0.717, 1.165) is 31.5 Å². The highest BCUT2D eigenvalue weighted by atomic mass is 16.8. The van der Waals surface area contributed by atoms with E-state index in [1.165, 1.54) is 0 Å². The molecule has 0 unspecified atom stereocenters. The molecule has 26 heavy (non-hydrogen) atoms. The fourth-order valence-corrected chi connectivity index (χ4v) is 3.42. The molecule has 3 rings (SSSR count). The Balaban J connectivity index is 1.92. The van der Waals surface area contributed by atoms with E-state index >= 15 is 0 Å². The van der Waals surface area contributed by atoms with Crippen LogP contribution >= 0.6 is 0 Å². The summed E-state index contributed by atoms with van der Waals surface area (Å²) in [6.45, 7) is 4.73. The topological polar surface area (TPSA) is 88.4 Å². The lowest BCUT2D eigenvalue weighted by Crippen LogP contribution is -2.43. The zero-order chi connectivity index (χ0) is 18.6. The molecule has 7 nitrogen and oxygen atoms in total. The predicted octanol–water partition coefficient (Wildman–Crippen LogP) is 2.09. The van der Waals surface area contributed by atoms with E-state index in [1.54, 1.807) is 24.3 Å². The molecule has 2 aliphatic heterocycles. The maximum atomic E-state index is 11.8. The lowest BCUT2D eigenvalue weighted by molar-refractivity contribution is -0.152. The molecule has 0 atom stereocenters. The van der Waals surface area contributed by atoms with Crippen molar-refractivity contribution in [2.75, 3.05) is 19.6 Å². The summed E-state index contributed by atoms with van der Waals surface area (Å²) in [6.07, 6.45) is 4.10. The molecule has 0 saturated carbocycles.